The van der Waals surface area contributed by atoms with Gasteiger partial charge in [0.15, 0.2) is 0 Å². The average Bonchev–Trinajstić information content (AvgIpc) is 2.62. The summed E-state index contributed by atoms with van der Waals surface area (Å²) < 4.78 is 0. The SMILES string of the molecule is C(CN1C2CCC1CC2)=C1CCC1. The van der Waals surface area contributed by atoms with Gasteiger partial charge in [0, 0.05) is 18.6 Å². The van der Waals surface area contributed by atoms with E-state index in [0.717, 1.165) is 12.1 Å². The molecule has 0 atom stereocenters. The summed E-state index contributed by atoms with van der Waals surface area (Å²) in [4.78, 5) is 2.76. The van der Waals surface area contributed by atoms with E-state index in [1.807, 2.05) is 0 Å². The molecule has 0 aromatic carbocycles. The monoisotopic (exact) mass is 177 g/mol. The first kappa shape index (κ1) is 8.05. The Morgan fingerprint density at radius 2 is 1.69 bits per heavy atom. The van der Waals surface area contributed by atoms with Crippen molar-refractivity contribution in [1.29, 1.82) is 0 Å². The maximum Gasteiger partial charge on any atom is 0.0171 e. The number of hydrogen-bond donors (Lipinski definition) is 0. The first-order valence-corrected chi connectivity index (χ1v) is 5.87. The zero-order valence-electron chi connectivity index (χ0n) is 8.34. The summed E-state index contributed by atoms with van der Waals surface area (Å²) in [6, 6.07) is 1.92. The van der Waals surface area contributed by atoms with E-state index in [4.69, 9.17) is 0 Å². The molecular weight excluding hydrogens is 158 g/mol. The zero-order valence-corrected chi connectivity index (χ0v) is 8.34. The third-order valence-electron chi connectivity index (χ3n) is 4.19. The molecule has 0 amide bonds. The van der Waals surface area contributed by atoms with Gasteiger partial charge in [0.05, 0.1) is 0 Å². The molecule has 1 nitrogen and oxygen atoms in total. The van der Waals surface area contributed by atoms with Crippen LogP contribution in [0.3, 0.4) is 0 Å². The summed E-state index contributed by atoms with van der Waals surface area (Å²) in [5.41, 5.74) is 1.73. The van der Waals surface area contributed by atoms with Crippen molar-refractivity contribution in [2.45, 2.75) is 57.0 Å². The minimum atomic E-state index is 0.960. The first-order chi connectivity index (χ1) is 6.43. The van der Waals surface area contributed by atoms with Crippen molar-refractivity contribution in [2.24, 2.45) is 0 Å². The van der Waals surface area contributed by atoms with Crippen LogP contribution in [0, 0.1) is 0 Å². The van der Waals surface area contributed by atoms with E-state index in [1.165, 1.54) is 51.5 Å². The lowest BCUT2D eigenvalue weighted by Gasteiger charge is -2.22. The van der Waals surface area contributed by atoms with Crippen LogP contribution in [-0.4, -0.2) is 23.5 Å². The molecule has 3 aliphatic rings. The predicted molar refractivity (Wildman–Crippen MR) is 54.7 cm³/mol. The van der Waals surface area contributed by atoms with Gasteiger partial charge in [-0.15, -0.1) is 0 Å². The second kappa shape index (κ2) is 3.13. The molecule has 1 heteroatoms. The van der Waals surface area contributed by atoms with Crippen molar-refractivity contribution in [3.05, 3.63) is 11.6 Å². The fraction of sp³-hybridized carbons (Fsp3) is 0.833. The highest BCUT2D eigenvalue weighted by Gasteiger charge is 2.38. The average molecular weight is 177 g/mol. The van der Waals surface area contributed by atoms with Gasteiger partial charge >= 0.3 is 0 Å². The van der Waals surface area contributed by atoms with Crippen molar-refractivity contribution in [3.63, 3.8) is 0 Å². The molecule has 2 aliphatic heterocycles. The molecule has 1 aliphatic carbocycles. The lowest BCUT2D eigenvalue weighted by Crippen LogP contribution is -2.28. The van der Waals surface area contributed by atoms with Crippen molar-refractivity contribution >= 4 is 0 Å². The van der Waals surface area contributed by atoms with Crippen molar-refractivity contribution in [2.75, 3.05) is 6.54 Å². The fourth-order valence-corrected chi connectivity index (χ4v) is 3.14. The zero-order chi connectivity index (χ0) is 8.67. The highest BCUT2D eigenvalue weighted by atomic mass is 15.2. The molecule has 3 fully saturated rings. The van der Waals surface area contributed by atoms with E-state index in [2.05, 4.69) is 11.0 Å². The number of allylic oxidation sites excluding steroid dienone is 1. The Morgan fingerprint density at radius 3 is 2.15 bits per heavy atom. The number of hydrogen-bond acceptors (Lipinski definition) is 1. The van der Waals surface area contributed by atoms with Crippen LogP contribution in [0.5, 0.6) is 0 Å². The third kappa shape index (κ3) is 1.34. The molecule has 0 N–H and O–H groups in total. The van der Waals surface area contributed by atoms with Crippen LogP contribution < -0.4 is 0 Å². The van der Waals surface area contributed by atoms with E-state index < -0.39 is 0 Å². The number of rotatable bonds is 2. The minimum absolute atomic E-state index is 0.960. The number of nitrogens with zero attached hydrogens (tertiary/aromatic N) is 1. The summed E-state index contributed by atoms with van der Waals surface area (Å²) in [6.45, 7) is 1.27. The molecule has 2 bridgehead atoms. The summed E-state index contributed by atoms with van der Waals surface area (Å²) >= 11 is 0. The summed E-state index contributed by atoms with van der Waals surface area (Å²) in [6.07, 6.45) is 12.7. The maximum atomic E-state index is 2.76. The molecule has 2 heterocycles. The lowest BCUT2D eigenvalue weighted by molar-refractivity contribution is 0.280. The summed E-state index contributed by atoms with van der Waals surface area (Å²) in [7, 11) is 0. The Morgan fingerprint density at radius 1 is 1.08 bits per heavy atom. The Labute approximate surface area is 80.8 Å². The van der Waals surface area contributed by atoms with E-state index in [-0.39, 0.29) is 0 Å². The molecule has 0 aromatic heterocycles. The number of fused-ring (bicyclic) bond motifs is 2. The molecule has 13 heavy (non-hydrogen) atoms. The fourth-order valence-electron chi connectivity index (χ4n) is 3.14. The topological polar surface area (TPSA) is 3.24 Å². The van der Waals surface area contributed by atoms with E-state index >= 15 is 0 Å². The molecule has 3 rings (SSSR count). The molecule has 0 radical (unpaired) electrons. The molecule has 0 aromatic rings. The molecule has 0 spiro atoms. The van der Waals surface area contributed by atoms with E-state index in [1.54, 1.807) is 5.57 Å². The third-order valence-corrected chi connectivity index (χ3v) is 4.19. The van der Waals surface area contributed by atoms with Gasteiger partial charge < -0.3 is 0 Å². The van der Waals surface area contributed by atoms with Gasteiger partial charge in [0.1, 0.15) is 0 Å². The molecule has 72 valence electrons. The quantitative estimate of drug-likeness (QED) is 0.586. The molecule has 2 saturated heterocycles. The molecular formula is C12H19N. The second-order valence-corrected chi connectivity index (χ2v) is 4.88. The Balaban J connectivity index is 1.60. The van der Waals surface area contributed by atoms with Crippen molar-refractivity contribution in [1.82, 2.24) is 4.90 Å². The van der Waals surface area contributed by atoms with Crippen LogP contribution in [0.4, 0.5) is 0 Å². The Hall–Kier alpha value is -0.300. The van der Waals surface area contributed by atoms with Gasteiger partial charge in [0.25, 0.3) is 0 Å². The Bertz CT molecular complexity index is 205. The van der Waals surface area contributed by atoms with E-state index in [9.17, 15) is 0 Å². The molecule has 1 saturated carbocycles. The summed E-state index contributed by atoms with van der Waals surface area (Å²) in [5.74, 6) is 0. The minimum Gasteiger partial charge on any atom is -0.294 e. The van der Waals surface area contributed by atoms with Crippen molar-refractivity contribution < 1.29 is 0 Å². The van der Waals surface area contributed by atoms with Crippen LogP contribution in [0.25, 0.3) is 0 Å². The highest BCUT2D eigenvalue weighted by Crippen LogP contribution is 2.37. The lowest BCUT2D eigenvalue weighted by atomic mass is 9.92. The van der Waals surface area contributed by atoms with Gasteiger partial charge in [-0.05, 0) is 44.9 Å². The van der Waals surface area contributed by atoms with Crippen LogP contribution in [0.15, 0.2) is 11.6 Å². The largest absolute Gasteiger partial charge is 0.294 e. The first-order valence-electron chi connectivity index (χ1n) is 5.87. The van der Waals surface area contributed by atoms with Gasteiger partial charge in [0.2, 0.25) is 0 Å². The standard InChI is InChI=1S/C12H19N/c1-2-10(3-1)8-9-13-11-4-5-12(13)7-6-11/h8,11-12H,1-7,9H2. The molecule has 0 unspecified atom stereocenters. The summed E-state index contributed by atoms with van der Waals surface area (Å²) in [5, 5.41) is 0. The maximum absolute atomic E-state index is 2.76. The van der Waals surface area contributed by atoms with Gasteiger partial charge in [-0.3, -0.25) is 4.90 Å². The smallest absolute Gasteiger partial charge is 0.0171 e. The van der Waals surface area contributed by atoms with Crippen LogP contribution in [0.1, 0.15) is 44.9 Å². The predicted octanol–water partition coefficient (Wildman–Crippen LogP) is 2.72. The van der Waals surface area contributed by atoms with Gasteiger partial charge in [-0.25, -0.2) is 0 Å². The Kier molecular flexibility index (Phi) is 1.93. The van der Waals surface area contributed by atoms with Crippen LogP contribution in [0.2, 0.25) is 0 Å². The van der Waals surface area contributed by atoms with Crippen LogP contribution >= 0.6 is 0 Å². The van der Waals surface area contributed by atoms with E-state index in [0.29, 0.717) is 0 Å². The van der Waals surface area contributed by atoms with Gasteiger partial charge in [-0.1, -0.05) is 11.6 Å². The van der Waals surface area contributed by atoms with Crippen molar-refractivity contribution in [3.8, 4) is 0 Å². The second-order valence-electron chi connectivity index (χ2n) is 4.88. The normalized spacial score (nSPS) is 38.0. The van der Waals surface area contributed by atoms with Crippen LogP contribution in [-0.2, 0) is 0 Å². The highest BCUT2D eigenvalue weighted by molar-refractivity contribution is 5.11. The van der Waals surface area contributed by atoms with Gasteiger partial charge in [-0.2, -0.15) is 0 Å².